The van der Waals surface area contributed by atoms with Gasteiger partial charge >= 0.3 is 0 Å². The molecule has 2 atom stereocenters. The van der Waals surface area contributed by atoms with E-state index in [2.05, 4.69) is 72.6 Å². The van der Waals surface area contributed by atoms with Crippen LogP contribution in [0, 0.1) is 17.2 Å². The van der Waals surface area contributed by atoms with Crippen molar-refractivity contribution in [2.75, 3.05) is 0 Å². The van der Waals surface area contributed by atoms with Crippen molar-refractivity contribution in [3.63, 3.8) is 0 Å². The molecule has 0 radical (unpaired) electrons. The number of aryl methyl sites for hydroxylation is 1. The van der Waals surface area contributed by atoms with Crippen molar-refractivity contribution in [1.82, 2.24) is 20.2 Å². The van der Waals surface area contributed by atoms with Crippen LogP contribution in [0.15, 0.2) is 48.7 Å². The Morgan fingerprint density at radius 3 is 2.77 bits per heavy atom. The molecule has 5 nitrogen and oxygen atoms in total. The largest absolute Gasteiger partial charge is 0.276 e. The Morgan fingerprint density at radius 1 is 1.11 bits per heavy atom. The molecule has 174 valence electrons. The highest BCUT2D eigenvalue weighted by molar-refractivity contribution is 5.92. The molecule has 0 saturated heterocycles. The van der Waals surface area contributed by atoms with Gasteiger partial charge < -0.3 is 0 Å². The van der Waals surface area contributed by atoms with Gasteiger partial charge in [0, 0.05) is 17.3 Å². The van der Waals surface area contributed by atoms with Gasteiger partial charge in [-0.3, -0.25) is 10.1 Å². The number of rotatable bonds is 4. The van der Waals surface area contributed by atoms with Crippen LogP contribution in [0.3, 0.4) is 0 Å². The Labute approximate surface area is 205 Å². The second-order valence-electron chi connectivity index (χ2n) is 9.95. The van der Waals surface area contributed by atoms with Crippen molar-refractivity contribution in [3.8, 4) is 28.6 Å². The summed E-state index contributed by atoms with van der Waals surface area (Å²) in [5, 5.41) is 17.4. The maximum atomic E-state index is 9.58. The van der Waals surface area contributed by atoms with E-state index in [1.54, 1.807) is 0 Å². The summed E-state index contributed by atoms with van der Waals surface area (Å²) in [5.41, 5.74) is 11.8. The molecule has 5 heteroatoms. The van der Waals surface area contributed by atoms with Gasteiger partial charge in [0.1, 0.15) is 11.2 Å². The summed E-state index contributed by atoms with van der Waals surface area (Å²) in [6, 6.07) is 15.2. The van der Waals surface area contributed by atoms with E-state index in [0.29, 0.717) is 0 Å². The molecule has 3 heterocycles. The summed E-state index contributed by atoms with van der Waals surface area (Å²) >= 11 is 0. The fourth-order valence-electron chi connectivity index (χ4n) is 5.63. The summed E-state index contributed by atoms with van der Waals surface area (Å²) in [7, 11) is 0. The molecule has 0 saturated carbocycles. The predicted molar refractivity (Wildman–Crippen MR) is 140 cm³/mol. The van der Waals surface area contributed by atoms with Gasteiger partial charge in [0.15, 0.2) is 0 Å². The summed E-state index contributed by atoms with van der Waals surface area (Å²) in [6.07, 6.45) is 10.4. The molecule has 0 bridgehead atoms. The van der Waals surface area contributed by atoms with E-state index in [9.17, 15) is 5.26 Å². The number of H-pyrrole nitrogens is 1. The van der Waals surface area contributed by atoms with E-state index in [4.69, 9.17) is 9.97 Å². The van der Waals surface area contributed by atoms with Crippen molar-refractivity contribution in [3.05, 3.63) is 71.1 Å². The molecular weight excluding hydrogens is 430 g/mol. The molecule has 0 spiro atoms. The van der Waals surface area contributed by atoms with Crippen LogP contribution < -0.4 is 0 Å². The number of hydrogen-bond acceptors (Lipinski definition) is 4. The molecule has 2 aliphatic carbocycles. The lowest BCUT2D eigenvalue weighted by Crippen LogP contribution is -2.02. The fraction of sp³-hybridized carbons (Fsp3) is 0.333. The zero-order chi connectivity index (χ0) is 23.9. The van der Waals surface area contributed by atoms with Crippen molar-refractivity contribution >= 4 is 16.6 Å². The monoisotopic (exact) mass is 459 g/mol. The van der Waals surface area contributed by atoms with Crippen molar-refractivity contribution < 1.29 is 0 Å². The quantitative estimate of drug-likeness (QED) is 0.356. The summed E-state index contributed by atoms with van der Waals surface area (Å²) in [5.74, 6) is 0.744. The van der Waals surface area contributed by atoms with Gasteiger partial charge in [-0.25, -0.2) is 4.98 Å². The van der Waals surface area contributed by atoms with E-state index in [1.807, 2.05) is 6.20 Å². The van der Waals surface area contributed by atoms with Gasteiger partial charge in [0.2, 0.25) is 0 Å². The Kier molecular flexibility index (Phi) is 5.45. The van der Waals surface area contributed by atoms with Crippen LogP contribution >= 0.6 is 0 Å². The summed E-state index contributed by atoms with van der Waals surface area (Å²) in [6.45, 7) is 4.47. The fourth-order valence-corrected chi connectivity index (χ4v) is 5.63. The predicted octanol–water partition coefficient (Wildman–Crippen LogP) is 7.01. The lowest BCUT2D eigenvalue weighted by atomic mass is 9.89. The second kappa shape index (κ2) is 8.78. The zero-order valence-electron chi connectivity index (χ0n) is 20.3. The average Bonchev–Trinajstić information content (AvgIpc) is 3.52. The third-order valence-electron chi connectivity index (χ3n) is 7.72. The normalized spacial score (nSPS) is 19.4. The third-order valence-corrected chi connectivity index (χ3v) is 7.72. The molecule has 2 aliphatic rings. The maximum Gasteiger partial charge on any atom is 0.120 e. The number of nitrogens with one attached hydrogen (secondary N) is 1. The highest BCUT2D eigenvalue weighted by Gasteiger charge is 2.26. The molecule has 0 fully saturated rings. The van der Waals surface area contributed by atoms with E-state index in [0.717, 1.165) is 82.8 Å². The van der Waals surface area contributed by atoms with Crippen molar-refractivity contribution in [2.45, 2.75) is 58.3 Å². The first-order chi connectivity index (χ1) is 17.2. The smallest absolute Gasteiger partial charge is 0.120 e. The van der Waals surface area contributed by atoms with Gasteiger partial charge in [0.05, 0.1) is 28.9 Å². The lowest BCUT2D eigenvalue weighted by molar-refractivity contribution is 0.533. The number of allylic oxidation sites excluding steroid dienone is 2. The molecule has 2 unspecified atom stereocenters. The van der Waals surface area contributed by atoms with Crippen LogP contribution in [-0.4, -0.2) is 20.2 Å². The van der Waals surface area contributed by atoms with Gasteiger partial charge in [0.25, 0.3) is 0 Å². The number of aromatic nitrogens is 4. The number of hydrogen-bond donors (Lipinski definition) is 1. The van der Waals surface area contributed by atoms with Crippen LogP contribution in [0.2, 0.25) is 0 Å². The number of nitrogens with zero attached hydrogens (tertiary/aromatic N) is 4. The summed E-state index contributed by atoms with van der Waals surface area (Å²) < 4.78 is 0. The number of fused-ring (bicyclic) bond motifs is 2. The topological polar surface area (TPSA) is 78.2 Å². The first-order valence-corrected chi connectivity index (χ1v) is 12.7. The Bertz CT molecular complexity index is 1490. The second-order valence-corrected chi connectivity index (χ2v) is 9.95. The molecule has 1 aromatic carbocycles. The van der Waals surface area contributed by atoms with Crippen LogP contribution in [-0.2, 0) is 12.8 Å². The average molecular weight is 460 g/mol. The third kappa shape index (κ3) is 3.74. The zero-order valence-corrected chi connectivity index (χ0v) is 20.3. The van der Waals surface area contributed by atoms with Crippen LogP contribution in [0.4, 0.5) is 0 Å². The van der Waals surface area contributed by atoms with Crippen LogP contribution in [0.25, 0.3) is 39.1 Å². The highest BCUT2D eigenvalue weighted by atomic mass is 15.1. The number of pyridine rings is 2. The molecule has 35 heavy (non-hydrogen) atoms. The Balaban J connectivity index is 1.43. The number of nitriles is 1. The van der Waals surface area contributed by atoms with Crippen molar-refractivity contribution in [1.29, 1.82) is 5.26 Å². The van der Waals surface area contributed by atoms with Gasteiger partial charge in [-0.1, -0.05) is 38.1 Å². The molecule has 1 N–H and O–H groups in total. The SMILES string of the molecule is CCc1cc2[nH]nc(-c3ccc(C4=CCC(C)CC4)nc3)c2nc1-c1cccc2c1CCC2C#N. The lowest BCUT2D eigenvalue weighted by Gasteiger charge is -2.17. The van der Waals surface area contributed by atoms with Crippen molar-refractivity contribution in [2.24, 2.45) is 5.92 Å². The number of benzene rings is 1. The Hall–Kier alpha value is -3.78. The van der Waals surface area contributed by atoms with Gasteiger partial charge in [-0.05, 0) is 84.9 Å². The van der Waals surface area contributed by atoms with Crippen LogP contribution in [0.5, 0.6) is 0 Å². The number of aromatic amines is 1. The molecule has 0 aliphatic heterocycles. The minimum atomic E-state index is -0.0182. The summed E-state index contributed by atoms with van der Waals surface area (Å²) in [4.78, 5) is 9.97. The van der Waals surface area contributed by atoms with Gasteiger partial charge in [-0.15, -0.1) is 0 Å². The standard InChI is InChI=1S/C30H29N5/c1-3-19-15-27-30(33-28(19)25-6-4-5-23-21(16-31)11-13-24(23)25)29(35-34-27)22-12-14-26(32-17-22)20-9-7-18(2)8-10-20/h4-6,9,12,14-15,17-18,21H,3,7-8,10-11,13H2,1-2H3,(H,34,35). The molecular formula is C30H29N5. The van der Waals surface area contributed by atoms with E-state index in [1.165, 1.54) is 23.1 Å². The van der Waals surface area contributed by atoms with E-state index < -0.39 is 0 Å². The first-order valence-electron chi connectivity index (χ1n) is 12.7. The van der Waals surface area contributed by atoms with E-state index >= 15 is 0 Å². The minimum absolute atomic E-state index is 0.0182. The van der Waals surface area contributed by atoms with Gasteiger partial charge in [-0.2, -0.15) is 10.4 Å². The molecule has 6 rings (SSSR count). The first kappa shape index (κ1) is 21.7. The minimum Gasteiger partial charge on any atom is -0.276 e. The highest BCUT2D eigenvalue weighted by Crippen LogP contribution is 2.40. The van der Waals surface area contributed by atoms with E-state index in [-0.39, 0.29) is 5.92 Å². The maximum absolute atomic E-state index is 9.58. The molecule has 4 aromatic rings. The Morgan fingerprint density at radius 2 is 2.03 bits per heavy atom. The molecule has 3 aromatic heterocycles. The molecule has 0 amide bonds. The van der Waals surface area contributed by atoms with Crippen LogP contribution in [0.1, 0.15) is 67.8 Å².